The van der Waals surface area contributed by atoms with Crippen LogP contribution < -0.4 is 5.43 Å². The number of rotatable bonds is 2. The fraction of sp³-hybridized carbons (Fsp3) is 0. The zero-order valence-electron chi connectivity index (χ0n) is 12.0. The van der Waals surface area contributed by atoms with E-state index in [1.54, 1.807) is 6.07 Å². The lowest BCUT2D eigenvalue weighted by molar-refractivity contribution is 0.617. The molecule has 8 heteroatoms. The van der Waals surface area contributed by atoms with E-state index < -0.39 is 0 Å². The molecule has 0 fully saturated rings. The number of nitrogens with one attached hydrogen (secondary N) is 1. The van der Waals surface area contributed by atoms with Crippen molar-refractivity contribution in [3.8, 4) is 22.7 Å². The van der Waals surface area contributed by atoms with Gasteiger partial charge in [0.15, 0.2) is 16.8 Å². The Morgan fingerprint density at radius 1 is 1.00 bits per heavy atom. The van der Waals surface area contributed by atoms with Gasteiger partial charge in [0.05, 0.1) is 9.86 Å². The molecule has 2 aromatic heterocycles. The van der Waals surface area contributed by atoms with Crippen molar-refractivity contribution >= 4 is 42.8 Å². The second-order valence-corrected chi connectivity index (χ2v) is 6.84. The van der Waals surface area contributed by atoms with E-state index in [0.717, 1.165) is 20.1 Å². The SMILES string of the molecule is O=c1cc(-c2ccc(-c3nnn[nH]3)cc2)oc2c(Br)cc(Br)cc12. The summed E-state index contributed by atoms with van der Waals surface area (Å²) >= 11 is 6.82. The Morgan fingerprint density at radius 3 is 2.46 bits per heavy atom. The topological polar surface area (TPSA) is 84.7 Å². The molecule has 0 unspecified atom stereocenters. The van der Waals surface area contributed by atoms with E-state index in [-0.39, 0.29) is 5.43 Å². The van der Waals surface area contributed by atoms with Crippen molar-refractivity contribution in [2.45, 2.75) is 0 Å². The van der Waals surface area contributed by atoms with Gasteiger partial charge in [-0.25, -0.2) is 5.10 Å². The van der Waals surface area contributed by atoms with Crippen molar-refractivity contribution in [3.05, 3.63) is 61.6 Å². The zero-order valence-corrected chi connectivity index (χ0v) is 15.1. The van der Waals surface area contributed by atoms with E-state index in [0.29, 0.717) is 22.6 Å². The van der Waals surface area contributed by atoms with Crippen molar-refractivity contribution < 1.29 is 4.42 Å². The first kappa shape index (κ1) is 15.2. The van der Waals surface area contributed by atoms with Gasteiger partial charge in [-0.1, -0.05) is 40.2 Å². The van der Waals surface area contributed by atoms with Crippen LogP contribution in [-0.2, 0) is 0 Å². The number of tetrazole rings is 1. The van der Waals surface area contributed by atoms with Crippen molar-refractivity contribution in [1.29, 1.82) is 0 Å². The van der Waals surface area contributed by atoms with Crippen LogP contribution in [0.5, 0.6) is 0 Å². The first-order valence-electron chi connectivity index (χ1n) is 6.89. The third-order valence-corrected chi connectivity index (χ3v) is 4.58. The Kier molecular flexibility index (Phi) is 3.78. The molecule has 0 aliphatic heterocycles. The van der Waals surface area contributed by atoms with Gasteiger partial charge in [0.25, 0.3) is 0 Å². The minimum atomic E-state index is -0.100. The van der Waals surface area contributed by atoms with Crippen LogP contribution in [0.25, 0.3) is 33.7 Å². The molecule has 0 radical (unpaired) electrons. The van der Waals surface area contributed by atoms with Gasteiger partial charge >= 0.3 is 0 Å². The number of hydrogen-bond donors (Lipinski definition) is 1. The van der Waals surface area contributed by atoms with Crippen LogP contribution in [0.15, 0.2) is 60.6 Å². The van der Waals surface area contributed by atoms with E-state index in [4.69, 9.17) is 4.42 Å². The van der Waals surface area contributed by atoms with Gasteiger partial charge in [0.2, 0.25) is 0 Å². The number of fused-ring (bicyclic) bond motifs is 1. The first-order valence-corrected chi connectivity index (χ1v) is 8.48. The van der Waals surface area contributed by atoms with Gasteiger partial charge in [-0.3, -0.25) is 4.79 Å². The lowest BCUT2D eigenvalue weighted by atomic mass is 10.1. The molecule has 6 nitrogen and oxygen atoms in total. The second-order valence-electron chi connectivity index (χ2n) is 5.07. The maximum absolute atomic E-state index is 12.4. The summed E-state index contributed by atoms with van der Waals surface area (Å²) in [6, 6.07) is 12.5. The summed E-state index contributed by atoms with van der Waals surface area (Å²) in [6.07, 6.45) is 0. The van der Waals surface area contributed by atoms with Crippen LogP contribution in [-0.4, -0.2) is 20.6 Å². The van der Waals surface area contributed by atoms with E-state index in [1.165, 1.54) is 6.07 Å². The Bertz CT molecular complexity index is 1090. The predicted octanol–water partition coefficient (Wildman–Crippen LogP) is 4.17. The number of nitrogens with zero attached hydrogens (tertiary/aromatic N) is 3. The van der Waals surface area contributed by atoms with Crippen LogP contribution in [0.2, 0.25) is 0 Å². The largest absolute Gasteiger partial charge is 0.455 e. The fourth-order valence-corrected chi connectivity index (χ4v) is 3.71. The molecule has 0 atom stereocenters. The molecule has 0 bridgehead atoms. The third kappa shape index (κ3) is 2.67. The summed E-state index contributed by atoms with van der Waals surface area (Å²) in [5.74, 6) is 1.08. The van der Waals surface area contributed by atoms with Gasteiger partial charge in [-0.05, 0) is 38.5 Å². The van der Waals surface area contributed by atoms with Gasteiger partial charge in [0, 0.05) is 21.7 Å². The maximum Gasteiger partial charge on any atom is 0.193 e. The molecule has 118 valence electrons. The first-order chi connectivity index (χ1) is 11.6. The molecular formula is C16H8Br2N4O2. The maximum atomic E-state index is 12.4. The van der Waals surface area contributed by atoms with E-state index in [1.807, 2.05) is 30.3 Å². The molecule has 2 aromatic carbocycles. The highest BCUT2D eigenvalue weighted by molar-refractivity contribution is 9.11. The standard InChI is InChI=1S/C16H8Br2N4O2/c17-10-5-11-13(23)7-14(24-15(11)12(18)6-10)8-1-3-9(4-2-8)16-19-21-22-20-16/h1-7H,(H,19,20,21,22). The minimum absolute atomic E-state index is 0.100. The molecule has 0 amide bonds. The van der Waals surface area contributed by atoms with Gasteiger partial charge < -0.3 is 4.42 Å². The molecule has 4 rings (SSSR count). The average Bonchev–Trinajstić information content (AvgIpc) is 3.10. The van der Waals surface area contributed by atoms with Crippen molar-refractivity contribution in [2.24, 2.45) is 0 Å². The molecule has 4 aromatic rings. The molecule has 0 saturated heterocycles. The summed E-state index contributed by atoms with van der Waals surface area (Å²) in [5.41, 5.74) is 2.05. The number of aromatic amines is 1. The Hall–Kier alpha value is -2.32. The van der Waals surface area contributed by atoms with Gasteiger partial charge in [-0.2, -0.15) is 0 Å². The summed E-state index contributed by atoms with van der Waals surface area (Å²) in [4.78, 5) is 12.4. The smallest absolute Gasteiger partial charge is 0.193 e. The number of aromatic nitrogens is 4. The highest BCUT2D eigenvalue weighted by Gasteiger charge is 2.11. The molecule has 0 saturated carbocycles. The van der Waals surface area contributed by atoms with E-state index >= 15 is 0 Å². The number of halogens is 2. The molecule has 0 aliphatic rings. The minimum Gasteiger partial charge on any atom is -0.455 e. The zero-order chi connectivity index (χ0) is 16.7. The molecule has 0 aliphatic carbocycles. The van der Waals surface area contributed by atoms with Gasteiger partial charge in [0.1, 0.15) is 5.76 Å². The Labute approximate surface area is 152 Å². The van der Waals surface area contributed by atoms with Crippen LogP contribution in [0.3, 0.4) is 0 Å². The molecular weight excluding hydrogens is 440 g/mol. The van der Waals surface area contributed by atoms with Crippen LogP contribution in [0.4, 0.5) is 0 Å². The van der Waals surface area contributed by atoms with Crippen molar-refractivity contribution in [1.82, 2.24) is 20.6 Å². The molecule has 1 N–H and O–H groups in total. The summed E-state index contributed by atoms with van der Waals surface area (Å²) in [7, 11) is 0. The van der Waals surface area contributed by atoms with Crippen LogP contribution in [0, 0.1) is 0 Å². The Morgan fingerprint density at radius 2 is 1.75 bits per heavy atom. The van der Waals surface area contributed by atoms with E-state index in [9.17, 15) is 4.79 Å². The Balaban J connectivity index is 1.83. The second kappa shape index (κ2) is 5.95. The normalized spacial score (nSPS) is 11.1. The fourth-order valence-electron chi connectivity index (χ4n) is 2.40. The molecule has 24 heavy (non-hydrogen) atoms. The quantitative estimate of drug-likeness (QED) is 0.498. The summed E-state index contributed by atoms with van der Waals surface area (Å²) < 4.78 is 7.46. The highest BCUT2D eigenvalue weighted by atomic mass is 79.9. The predicted molar refractivity (Wildman–Crippen MR) is 96.5 cm³/mol. The third-order valence-electron chi connectivity index (χ3n) is 3.54. The number of H-pyrrole nitrogens is 1. The number of hydrogen-bond acceptors (Lipinski definition) is 5. The van der Waals surface area contributed by atoms with Crippen molar-refractivity contribution in [3.63, 3.8) is 0 Å². The lowest BCUT2D eigenvalue weighted by Crippen LogP contribution is -2.00. The number of benzene rings is 2. The van der Waals surface area contributed by atoms with Gasteiger partial charge in [-0.15, -0.1) is 5.10 Å². The average molecular weight is 448 g/mol. The monoisotopic (exact) mass is 446 g/mol. The lowest BCUT2D eigenvalue weighted by Gasteiger charge is -2.06. The summed E-state index contributed by atoms with van der Waals surface area (Å²) in [6.45, 7) is 0. The molecule has 0 spiro atoms. The van der Waals surface area contributed by atoms with Crippen molar-refractivity contribution in [2.75, 3.05) is 0 Å². The van der Waals surface area contributed by atoms with Crippen LogP contribution in [0.1, 0.15) is 0 Å². The summed E-state index contributed by atoms with van der Waals surface area (Å²) in [5, 5.41) is 14.2. The van der Waals surface area contributed by atoms with Crippen LogP contribution >= 0.6 is 31.9 Å². The molecule has 2 heterocycles. The highest BCUT2D eigenvalue weighted by Crippen LogP contribution is 2.30. The van der Waals surface area contributed by atoms with E-state index in [2.05, 4.69) is 52.5 Å².